The Morgan fingerprint density at radius 1 is 1.26 bits per heavy atom. The summed E-state index contributed by atoms with van der Waals surface area (Å²) in [5, 5.41) is 12.4. The molecule has 8 nitrogen and oxygen atoms in total. The van der Waals surface area contributed by atoms with Crippen molar-refractivity contribution < 1.29 is 9.53 Å². The van der Waals surface area contributed by atoms with Crippen LogP contribution in [0.2, 0.25) is 0 Å². The van der Waals surface area contributed by atoms with E-state index >= 15 is 0 Å². The number of amides is 1. The number of tetrazole rings is 1. The number of rotatable bonds is 7. The van der Waals surface area contributed by atoms with Gasteiger partial charge in [-0.25, -0.2) is 0 Å². The summed E-state index contributed by atoms with van der Waals surface area (Å²) in [5.74, 6) is 0.545. The topological polar surface area (TPSA) is 99.2 Å². The molecule has 0 saturated carbocycles. The minimum atomic E-state index is 0. The molecule has 1 aliphatic heterocycles. The van der Waals surface area contributed by atoms with E-state index in [1.165, 1.54) is 10.4 Å². The molecular formula is C18H27ClN6O2. The summed E-state index contributed by atoms with van der Waals surface area (Å²) in [5.41, 5.74) is 7.54. The largest absolute Gasteiger partial charge is 0.378 e. The quantitative estimate of drug-likeness (QED) is 0.713. The van der Waals surface area contributed by atoms with Crippen LogP contribution in [-0.2, 0) is 16.1 Å². The molecule has 9 heteroatoms. The molecule has 1 saturated heterocycles. The molecule has 1 aromatic carbocycles. The van der Waals surface area contributed by atoms with E-state index in [2.05, 4.69) is 15.4 Å². The van der Waals surface area contributed by atoms with Crippen molar-refractivity contribution in [2.75, 3.05) is 26.2 Å². The van der Waals surface area contributed by atoms with Gasteiger partial charge in [0.05, 0.1) is 6.10 Å². The molecule has 2 heterocycles. The number of carbonyl (C=O) groups is 1. The van der Waals surface area contributed by atoms with Gasteiger partial charge in [0.2, 0.25) is 11.7 Å². The Bertz CT molecular complexity index is 713. The normalized spacial score (nSPS) is 14.8. The van der Waals surface area contributed by atoms with Crippen LogP contribution >= 0.6 is 12.4 Å². The van der Waals surface area contributed by atoms with Gasteiger partial charge >= 0.3 is 0 Å². The first-order valence-corrected chi connectivity index (χ1v) is 9.10. The third-order valence-corrected chi connectivity index (χ3v) is 4.54. The molecule has 148 valence electrons. The molecule has 2 N–H and O–H groups in total. The standard InChI is InChI=1S/C18H26N6O2.ClH/c1-14-3-5-15(6-4-14)18-20-22-24(21-18)13-17(25)23-10-7-16(8-11-23)26-12-2-9-19;/h3-6,16H,2,7-13,19H2,1H3;1H. The number of carbonyl (C=O) groups excluding carboxylic acids is 1. The van der Waals surface area contributed by atoms with E-state index in [0.29, 0.717) is 32.1 Å². The lowest BCUT2D eigenvalue weighted by atomic mass is 10.1. The third-order valence-electron chi connectivity index (χ3n) is 4.54. The predicted molar refractivity (Wildman–Crippen MR) is 104 cm³/mol. The summed E-state index contributed by atoms with van der Waals surface area (Å²) in [6.45, 7) is 4.88. The van der Waals surface area contributed by atoms with Crippen LogP contribution in [0.15, 0.2) is 24.3 Å². The third kappa shape index (κ3) is 5.98. The highest BCUT2D eigenvalue weighted by molar-refractivity contribution is 5.85. The van der Waals surface area contributed by atoms with Crippen molar-refractivity contribution in [1.29, 1.82) is 0 Å². The minimum absolute atomic E-state index is 0. The van der Waals surface area contributed by atoms with Gasteiger partial charge in [0.1, 0.15) is 6.54 Å². The zero-order valence-electron chi connectivity index (χ0n) is 15.6. The Hall–Kier alpha value is -2.03. The number of benzene rings is 1. The number of hydrogen-bond donors (Lipinski definition) is 1. The summed E-state index contributed by atoms with van der Waals surface area (Å²) in [7, 11) is 0. The molecule has 1 aliphatic rings. The van der Waals surface area contributed by atoms with Crippen LogP contribution in [-0.4, -0.2) is 63.4 Å². The molecule has 3 rings (SSSR count). The molecule has 1 aromatic heterocycles. The minimum Gasteiger partial charge on any atom is -0.378 e. The van der Waals surface area contributed by atoms with Gasteiger partial charge in [0, 0.05) is 25.3 Å². The fourth-order valence-corrected chi connectivity index (χ4v) is 2.95. The summed E-state index contributed by atoms with van der Waals surface area (Å²) in [6.07, 6.45) is 2.81. The van der Waals surface area contributed by atoms with E-state index in [4.69, 9.17) is 10.5 Å². The number of aryl methyl sites for hydroxylation is 1. The fraction of sp³-hybridized carbons (Fsp3) is 0.556. The fourth-order valence-electron chi connectivity index (χ4n) is 2.95. The van der Waals surface area contributed by atoms with Gasteiger partial charge in [-0.3, -0.25) is 4.79 Å². The van der Waals surface area contributed by atoms with Crippen LogP contribution in [0, 0.1) is 6.92 Å². The van der Waals surface area contributed by atoms with Crippen LogP contribution < -0.4 is 5.73 Å². The summed E-state index contributed by atoms with van der Waals surface area (Å²) in [4.78, 5) is 15.7. The zero-order valence-corrected chi connectivity index (χ0v) is 16.4. The van der Waals surface area contributed by atoms with Crippen LogP contribution in [0.3, 0.4) is 0 Å². The van der Waals surface area contributed by atoms with Crippen molar-refractivity contribution in [3.05, 3.63) is 29.8 Å². The number of likely N-dealkylation sites (tertiary alicyclic amines) is 1. The molecule has 27 heavy (non-hydrogen) atoms. The maximum Gasteiger partial charge on any atom is 0.246 e. The number of piperidine rings is 1. The van der Waals surface area contributed by atoms with Gasteiger partial charge in [-0.15, -0.1) is 22.6 Å². The average molecular weight is 395 g/mol. The van der Waals surface area contributed by atoms with E-state index in [0.717, 1.165) is 24.8 Å². The summed E-state index contributed by atoms with van der Waals surface area (Å²) in [6, 6.07) is 7.91. The van der Waals surface area contributed by atoms with Gasteiger partial charge in [0.15, 0.2) is 0 Å². The van der Waals surface area contributed by atoms with Gasteiger partial charge in [-0.2, -0.15) is 4.80 Å². The highest BCUT2D eigenvalue weighted by atomic mass is 35.5. The maximum absolute atomic E-state index is 12.5. The van der Waals surface area contributed by atoms with Crippen molar-refractivity contribution >= 4 is 18.3 Å². The molecule has 1 amide bonds. The summed E-state index contributed by atoms with van der Waals surface area (Å²) < 4.78 is 5.77. The molecule has 0 unspecified atom stereocenters. The molecule has 2 aromatic rings. The molecule has 0 bridgehead atoms. The Balaban J connectivity index is 0.00000261. The highest BCUT2D eigenvalue weighted by Gasteiger charge is 2.23. The second-order valence-electron chi connectivity index (χ2n) is 6.60. The van der Waals surface area contributed by atoms with Gasteiger partial charge in [-0.1, -0.05) is 29.8 Å². The second-order valence-corrected chi connectivity index (χ2v) is 6.60. The SMILES string of the molecule is Cc1ccc(-c2nnn(CC(=O)N3CCC(OCCCN)CC3)n2)cc1.Cl. The molecule has 0 radical (unpaired) electrons. The van der Waals surface area contributed by atoms with E-state index < -0.39 is 0 Å². The predicted octanol–water partition coefficient (Wildman–Crippen LogP) is 1.43. The summed E-state index contributed by atoms with van der Waals surface area (Å²) >= 11 is 0. The zero-order chi connectivity index (χ0) is 18.4. The van der Waals surface area contributed by atoms with Crippen LogP contribution in [0.25, 0.3) is 11.4 Å². The monoisotopic (exact) mass is 394 g/mol. The molecule has 0 atom stereocenters. The number of ether oxygens (including phenoxy) is 1. The Labute approximate surface area is 165 Å². The van der Waals surface area contributed by atoms with Crippen LogP contribution in [0.1, 0.15) is 24.8 Å². The van der Waals surface area contributed by atoms with Crippen molar-refractivity contribution in [2.45, 2.75) is 38.8 Å². The Morgan fingerprint density at radius 3 is 2.63 bits per heavy atom. The van der Waals surface area contributed by atoms with Crippen LogP contribution in [0.4, 0.5) is 0 Å². The molecule has 1 fully saturated rings. The molecule has 0 aliphatic carbocycles. The average Bonchev–Trinajstić information content (AvgIpc) is 3.11. The van der Waals surface area contributed by atoms with E-state index in [9.17, 15) is 4.79 Å². The Morgan fingerprint density at radius 2 is 1.96 bits per heavy atom. The van der Waals surface area contributed by atoms with Crippen molar-refractivity contribution in [1.82, 2.24) is 25.1 Å². The van der Waals surface area contributed by atoms with E-state index in [-0.39, 0.29) is 31.0 Å². The Kier molecular flexibility index (Phi) is 8.15. The number of nitrogens with two attached hydrogens (primary N) is 1. The number of nitrogens with zero attached hydrogens (tertiary/aromatic N) is 5. The number of aromatic nitrogens is 4. The van der Waals surface area contributed by atoms with Gasteiger partial charge in [0.25, 0.3) is 0 Å². The number of halogens is 1. The lowest BCUT2D eigenvalue weighted by Crippen LogP contribution is -2.42. The van der Waals surface area contributed by atoms with Gasteiger partial charge < -0.3 is 15.4 Å². The van der Waals surface area contributed by atoms with Crippen molar-refractivity contribution in [3.8, 4) is 11.4 Å². The van der Waals surface area contributed by atoms with Crippen molar-refractivity contribution in [2.24, 2.45) is 5.73 Å². The molecule has 0 spiro atoms. The highest BCUT2D eigenvalue weighted by Crippen LogP contribution is 2.16. The van der Waals surface area contributed by atoms with Gasteiger partial charge in [-0.05, 0) is 37.9 Å². The van der Waals surface area contributed by atoms with E-state index in [1.54, 1.807) is 0 Å². The van der Waals surface area contributed by atoms with Crippen LogP contribution in [0.5, 0.6) is 0 Å². The first kappa shape index (κ1) is 21.3. The van der Waals surface area contributed by atoms with Crippen molar-refractivity contribution in [3.63, 3.8) is 0 Å². The first-order chi connectivity index (χ1) is 12.7. The lowest BCUT2D eigenvalue weighted by molar-refractivity contribution is -0.134. The number of hydrogen-bond acceptors (Lipinski definition) is 6. The maximum atomic E-state index is 12.5. The smallest absolute Gasteiger partial charge is 0.246 e. The first-order valence-electron chi connectivity index (χ1n) is 9.10. The molecular weight excluding hydrogens is 368 g/mol. The van der Waals surface area contributed by atoms with E-state index in [1.807, 2.05) is 36.1 Å². The second kappa shape index (κ2) is 10.3. The lowest BCUT2D eigenvalue weighted by Gasteiger charge is -2.31.